The zero-order valence-corrected chi connectivity index (χ0v) is 23.0. The topological polar surface area (TPSA) is 90.2 Å². The van der Waals surface area contributed by atoms with Gasteiger partial charge in [-0.25, -0.2) is 0 Å². The van der Waals surface area contributed by atoms with E-state index in [1.165, 1.54) is 0 Å². The summed E-state index contributed by atoms with van der Waals surface area (Å²) >= 11 is 3.53. The van der Waals surface area contributed by atoms with Gasteiger partial charge in [0.2, 0.25) is 5.78 Å². The minimum absolute atomic E-state index is 0.0560. The Kier molecular flexibility index (Phi) is 5.91. The molecule has 0 radical (unpaired) electrons. The number of ether oxygens (including phenoxy) is 3. The van der Waals surface area contributed by atoms with Crippen LogP contribution >= 0.6 is 15.9 Å². The smallest absolute Gasteiger partial charge is 0.250 e. The molecule has 2 aromatic carbocycles. The van der Waals surface area contributed by atoms with Crippen LogP contribution in [0, 0.1) is 12.8 Å². The highest BCUT2D eigenvalue weighted by Gasteiger charge is 2.38. The first kappa shape index (κ1) is 24.6. The van der Waals surface area contributed by atoms with E-state index in [1.54, 1.807) is 18.2 Å². The van der Waals surface area contributed by atoms with Crippen molar-refractivity contribution < 1.29 is 24.1 Å². The predicted octanol–water partition coefficient (Wildman–Crippen LogP) is 4.73. The molecule has 9 heteroatoms. The van der Waals surface area contributed by atoms with E-state index in [-0.39, 0.29) is 35.6 Å². The van der Waals surface area contributed by atoms with Crippen LogP contribution in [0.15, 0.2) is 51.4 Å². The second-order valence-corrected chi connectivity index (χ2v) is 11.7. The highest BCUT2D eigenvalue weighted by molar-refractivity contribution is 9.10. The number of phenols is 1. The lowest BCUT2D eigenvalue weighted by molar-refractivity contribution is -0.0165. The fourth-order valence-electron chi connectivity index (χ4n) is 6.54. The monoisotopic (exact) mass is 590 g/mol. The SMILES string of the molecule is Cc1cc(O)c(CN2C[C@@H]3C[C@H](C2)c2cccc(=O)n2C3)c2c1C(=O)/C(=C\c1cc(Br)cc3c1OCOC3)O2. The Morgan fingerprint density at radius 3 is 2.87 bits per heavy atom. The van der Waals surface area contributed by atoms with Crippen molar-refractivity contribution >= 4 is 27.8 Å². The van der Waals surface area contributed by atoms with E-state index in [1.807, 2.05) is 35.8 Å². The molecule has 0 spiro atoms. The lowest BCUT2D eigenvalue weighted by Gasteiger charge is -2.43. The van der Waals surface area contributed by atoms with E-state index < -0.39 is 0 Å². The van der Waals surface area contributed by atoms with Gasteiger partial charge < -0.3 is 23.9 Å². The lowest BCUT2D eigenvalue weighted by atomic mass is 9.83. The number of carbonyl (C=O) groups excluding carboxylic acids is 1. The maximum atomic E-state index is 13.6. The largest absolute Gasteiger partial charge is 0.507 e. The third-order valence-electron chi connectivity index (χ3n) is 8.15. The van der Waals surface area contributed by atoms with Gasteiger partial charge >= 0.3 is 0 Å². The summed E-state index contributed by atoms with van der Waals surface area (Å²) in [5.74, 6) is 1.78. The molecule has 2 bridgehead atoms. The Hall–Kier alpha value is -3.40. The summed E-state index contributed by atoms with van der Waals surface area (Å²) in [7, 11) is 0. The molecule has 1 aromatic heterocycles. The third-order valence-corrected chi connectivity index (χ3v) is 8.61. The highest BCUT2D eigenvalue weighted by Crippen LogP contribution is 2.44. The molecule has 4 aliphatic rings. The number of benzene rings is 2. The third kappa shape index (κ3) is 4.20. The average Bonchev–Trinajstić information content (AvgIpc) is 3.23. The van der Waals surface area contributed by atoms with Crippen LogP contribution < -0.4 is 15.0 Å². The van der Waals surface area contributed by atoms with Crippen LogP contribution in [0.2, 0.25) is 0 Å². The van der Waals surface area contributed by atoms with Crippen LogP contribution in [-0.2, 0) is 24.4 Å². The first-order valence-corrected chi connectivity index (χ1v) is 13.9. The molecule has 1 N–H and O–H groups in total. The molecular weight excluding hydrogens is 564 g/mol. The number of rotatable bonds is 3. The molecule has 2 atom stereocenters. The minimum atomic E-state index is -0.214. The molecule has 1 saturated heterocycles. The number of hydrogen-bond donors (Lipinski definition) is 1. The number of aromatic hydroxyl groups is 1. The van der Waals surface area contributed by atoms with Crippen molar-refractivity contribution in [1.82, 2.24) is 9.47 Å². The molecule has 0 unspecified atom stereocenters. The van der Waals surface area contributed by atoms with Crippen molar-refractivity contribution in [2.24, 2.45) is 5.92 Å². The van der Waals surface area contributed by atoms with Gasteiger partial charge in [0.05, 0.1) is 17.7 Å². The number of aromatic nitrogens is 1. The molecule has 39 heavy (non-hydrogen) atoms. The Bertz CT molecular complexity index is 1630. The number of aryl methyl sites for hydroxylation is 1. The summed E-state index contributed by atoms with van der Waals surface area (Å²) in [6, 6.07) is 11.0. The van der Waals surface area contributed by atoms with Crippen molar-refractivity contribution in [3.8, 4) is 17.2 Å². The number of halogens is 1. The molecule has 1 fully saturated rings. The van der Waals surface area contributed by atoms with Gasteiger partial charge in [0, 0.05) is 59.5 Å². The van der Waals surface area contributed by atoms with Crippen molar-refractivity contribution in [2.45, 2.75) is 39.0 Å². The van der Waals surface area contributed by atoms with Gasteiger partial charge in [0.15, 0.2) is 12.6 Å². The number of Topliss-reactive ketones (excluding diaryl/α,β-unsaturated/α-hetero) is 1. The van der Waals surface area contributed by atoms with Gasteiger partial charge in [0.25, 0.3) is 5.56 Å². The number of phenolic OH excluding ortho intramolecular Hbond substituents is 1. The second kappa shape index (κ2) is 9.36. The Balaban J connectivity index is 1.21. The number of pyridine rings is 1. The number of ketones is 1. The summed E-state index contributed by atoms with van der Waals surface area (Å²) in [5.41, 5.74) is 4.50. The van der Waals surface area contributed by atoms with Crippen molar-refractivity contribution in [3.63, 3.8) is 0 Å². The van der Waals surface area contributed by atoms with Crippen LogP contribution in [0.4, 0.5) is 0 Å². The summed E-state index contributed by atoms with van der Waals surface area (Å²) in [4.78, 5) is 28.3. The van der Waals surface area contributed by atoms with E-state index in [0.29, 0.717) is 53.8 Å². The van der Waals surface area contributed by atoms with E-state index in [9.17, 15) is 14.7 Å². The van der Waals surface area contributed by atoms with Gasteiger partial charge in [-0.1, -0.05) is 22.0 Å². The van der Waals surface area contributed by atoms with Crippen molar-refractivity contribution in [2.75, 3.05) is 19.9 Å². The maximum Gasteiger partial charge on any atom is 0.250 e. The molecule has 200 valence electrons. The Morgan fingerprint density at radius 2 is 2.00 bits per heavy atom. The molecule has 0 aliphatic carbocycles. The molecule has 3 aromatic rings. The fourth-order valence-corrected chi connectivity index (χ4v) is 7.06. The normalized spacial score (nSPS) is 22.6. The first-order chi connectivity index (χ1) is 18.9. The molecule has 7 rings (SSSR count). The summed E-state index contributed by atoms with van der Waals surface area (Å²) in [5, 5.41) is 11.0. The zero-order valence-electron chi connectivity index (χ0n) is 21.4. The van der Waals surface area contributed by atoms with Crippen molar-refractivity contribution in [1.29, 1.82) is 0 Å². The van der Waals surface area contributed by atoms with E-state index in [0.717, 1.165) is 40.8 Å². The van der Waals surface area contributed by atoms with Crippen LogP contribution in [0.3, 0.4) is 0 Å². The first-order valence-electron chi connectivity index (χ1n) is 13.1. The molecule has 8 nitrogen and oxygen atoms in total. The number of nitrogens with zero attached hydrogens (tertiary/aromatic N) is 2. The molecule has 0 saturated carbocycles. The number of hydrogen-bond acceptors (Lipinski definition) is 7. The number of likely N-dealkylation sites (tertiary alicyclic amines) is 1. The van der Waals surface area contributed by atoms with E-state index in [2.05, 4.69) is 20.8 Å². The van der Waals surface area contributed by atoms with Crippen LogP contribution in [-0.4, -0.2) is 40.2 Å². The van der Waals surface area contributed by atoms with Crippen LogP contribution in [0.5, 0.6) is 17.2 Å². The van der Waals surface area contributed by atoms with Gasteiger partial charge in [-0.15, -0.1) is 0 Å². The van der Waals surface area contributed by atoms with Gasteiger partial charge in [-0.2, -0.15) is 0 Å². The van der Waals surface area contributed by atoms with E-state index >= 15 is 0 Å². The summed E-state index contributed by atoms with van der Waals surface area (Å²) in [6.45, 7) is 5.11. The molecule has 0 amide bonds. The molecule has 4 aliphatic heterocycles. The van der Waals surface area contributed by atoms with Crippen LogP contribution in [0.1, 0.15) is 50.6 Å². The average molecular weight is 591 g/mol. The number of allylic oxidation sites excluding steroid dienone is 1. The lowest BCUT2D eigenvalue weighted by Crippen LogP contribution is -2.46. The van der Waals surface area contributed by atoms with Crippen LogP contribution in [0.25, 0.3) is 6.08 Å². The summed E-state index contributed by atoms with van der Waals surface area (Å²) < 4.78 is 20.1. The number of piperidine rings is 1. The van der Waals surface area contributed by atoms with Gasteiger partial charge in [-0.05, 0) is 55.2 Å². The molecular formula is C30H27BrN2O6. The number of carbonyl (C=O) groups is 1. The van der Waals surface area contributed by atoms with Gasteiger partial charge in [-0.3, -0.25) is 14.5 Å². The summed E-state index contributed by atoms with van der Waals surface area (Å²) in [6.07, 6.45) is 2.75. The number of fused-ring (bicyclic) bond motifs is 6. The Morgan fingerprint density at radius 1 is 1.13 bits per heavy atom. The fraction of sp³-hybridized carbons (Fsp3) is 0.333. The highest BCUT2D eigenvalue weighted by atomic mass is 79.9. The second-order valence-electron chi connectivity index (χ2n) is 10.8. The predicted molar refractivity (Wildman–Crippen MR) is 147 cm³/mol. The van der Waals surface area contributed by atoms with Crippen molar-refractivity contribution in [3.05, 3.63) is 90.5 Å². The standard InChI is InChI=1S/C30H27BrN2O6/c1-16-5-24(34)22(13-32-10-17-6-19(12-32)23-3-2-4-26(35)33(23)11-17)30-27(16)28(36)25(39-30)9-18-7-21(31)8-20-14-37-15-38-29(18)20/h2-5,7-9,17,19,34H,6,10-15H2,1H3/b25-9+/t17-,19+/m0/s1. The van der Waals surface area contributed by atoms with Gasteiger partial charge in [0.1, 0.15) is 17.2 Å². The maximum absolute atomic E-state index is 13.6. The van der Waals surface area contributed by atoms with E-state index in [4.69, 9.17) is 14.2 Å². The zero-order chi connectivity index (χ0) is 26.8. The Labute approximate surface area is 233 Å². The quantitative estimate of drug-likeness (QED) is 0.441. The minimum Gasteiger partial charge on any atom is -0.507 e. The molecule has 5 heterocycles.